The second-order valence-corrected chi connectivity index (χ2v) is 7.74. The van der Waals surface area contributed by atoms with E-state index in [1.54, 1.807) is 0 Å². The Morgan fingerprint density at radius 2 is 1.13 bits per heavy atom. The van der Waals surface area contributed by atoms with E-state index >= 15 is 0 Å². The summed E-state index contributed by atoms with van der Waals surface area (Å²) in [7, 11) is 0. The molecule has 0 amide bonds. The van der Waals surface area contributed by atoms with Gasteiger partial charge < -0.3 is 20.6 Å². The van der Waals surface area contributed by atoms with Gasteiger partial charge in [0.1, 0.15) is 23.0 Å². The Hall–Kier alpha value is -3.32. The van der Waals surface area contributed by atoms with Gasteiger partial charge in [0.2, 0.25) is 0 Å². The SMILES string of the molecule is C(#Cc1cnc([C@@H]2CCCN2)[nH]1)c1ccc(C#Cc2cnc([C@@H]3CCCN3)[nH]2)cc1. The van der Waals surface area contributed by atoms with Crippen molar-refractivity contribution in [3.05, 3.63) is 70.8 Å². The third kappa shape index (κ3) is 4.31. The van der Waals surface area contributed by atoms with E-state index in [9.17, 15) is 0 Å². The van der Waals surface area contributed by atoms with Crippen LogP contribution in [-0.4, -0.2) is 33.0 Å². The van der Waals surface area contributed by atoms with Crippen LogP contribution in [-0.2, 0) is 0 Å². The summed E-state index contributed by atoms with van der Waals surface area (Å²) < 4.78 is 0. The lowest BCUT2D eigenvalue weighted by atomic mass is 10.1. The van der Waals surface area contributed by atoms with Crippen LogP contribution in [0.25, 0.3) is 0 Å². The second-order valence-electron chi connectivity index (χ2n) is 7.74. The number of imidazole rings is 2. The molecule has 3 aromatic rings. The Morgan fingerprint density at radius 3 is 1.53 bits per heavy atom. The molecule has 0 spiro atoms. The number of hydrogen-bond acceptors (Lipinski definition) is 4. The van der Waals surface area contributed by atoms with Crippen molar-refractivity contribution in [1.29, 1.82) is 0 Å². The molecule has 4 N–H and O–H groups in total. The van der Waals surface area contributed by atoms with Gasteiger partial charge in [-0.25, -0.2) is 9.97 Å². The Bertz CT molecular complexity index is 1030. The lowest BCUT2D eigenvalue weighted by Crippen LogP contribution is -2.14. The summed E-state index contributed by atoms with van der Waals surface area (Å²) >= 11 is 0. The van der Waals surface area contributed by atoms with E-state index in [1.807, 2.05) is 36.7 Å². The van der Waals surface area contributed by atoms with Gasteiger partial charge in [-0.3, -0.25) is 0 Å². The maximum absolute atomic E-state index is 4.45. The fourth-order valence-corrected chi connectivity index (χ4v) is 3.91. The van der Waals surface area contributed by atoms with Gasteiger partial charge in [-0.2, -0.15) is 0 Å². The van der Waals surface area contributed by atoms with Crippen LogP contribution in [0.1, 0.15) is 71.9 Å². The molecule has 5 rings (SSSR count). The molecule has 0 bridgehead atoms. The zero-order valence-corrected chi connectivity index (χ0v) is 16.8. The van der Waals surface area contributed by atoms with Gasteiger partial charge in [0.25, 0.3) is 0 Å². The highest BCUT2D eigenvalue weighted by Crippen LogP contribution is 2.20. The molecule has 0 aliphatic carbocycles. The fourth-order valence-electron chi connectivity index (χ4n) is 3.91. The van der Waals surface area contributed by atoms with Crippen molar-refractivity contribution in [2.24, 2.45) is 0 Å². The summed E-state index contributed by atoms with van der Waals surface area (Å²) in [4.78, 5) is 15.5. The summed E-state index contributed by atoms with van der Waals surface area (Å²) in [5.41, 5.74) is 3.59. The second kappa shape index (κ2) is 8.59. The lowest BCUT2D eigenvalue weighted by Gasteiger charge is -2.04. The number of nitrogens with zero attached hydrogens (tertiary/aromatic N) is 2. The van der Waals surface area contributed by atoms with Crippen LogP contribution in [0.15, 0.2) is 36.7 Å². The van der Waals surface area contributed by atoms with Crippen molar-refractivity contribution in [2.75, 3.05) is 13.1 Å². The van der Waals surface area contributed by atoms with E-state index in [4.69, 9.17) is 0 Å². The Balaban J connectivity index is 1.22. The van der Waals surface area contributed by atoms with Crippen LogP contribution in [0.5, 0.6) is 0 Å². The number of H-pyrrole nitrogens is 2. The average molecular weight is 396 g/mol. The van der Waals surface area contributed by atoms with Gasteiger partial charge in [0, 0.05) is 11.1 Å². The molecule has 0 saturated carbocycles. The van der Waals surface area contributed by atoms with Crippen LogP contribution in [0.3, 0.4) is 0 Å². The van der Waals surface area contributed by atoms with E-state index in [0.29, 0.717) is 12.1 Å². The minimum absolute atomic E-state index is 0.332. The van der Waals surface area contributed by atoms with Crippen molar-refractivity contribution < 1.29 is 0 Å². The standard InChI is InChI=1S/C24H24N6/c1-3-21(25-13-1)23-27-15-19(29-23)11-9-17-5-7-18(8-6-17)10-12-20-16-28-24(30-20)22-4-2-14-26-22/h5-8,15-16,21-22,25-26H,1-4,13-14H2,(H,27,29)(H,28,30)/t21-,22-/m0/s1. The van der Waals surface area contributed by atoms with E-state index in [2.05, 4.69) is 54.3 Å². The minimum Gasteiger partial charge on any atom is -0.334 e. The van der Waals surface area contributed by atoms with Gasteiger partial charge in [0.05, 0.1) is 24.5 Å². The summed E-state index contributed by atoms with van der Waals surface area (Å²) in [5, 5.41) is 6.88. The van der Waals surface area contributed by atoms with Gasteiger partial charge in [-0.05, 0) is 74.9 Å². The monoisotopic (exact) mass is 396 g/mol. The third-order valence-electron chi connectivity index (χ3n) is 5.54. The highest BCUT2D eigenvalue weighted by Gasteiger charge is 2.19. The molecule has 2 atom stereocenters. The molecule has 0 unspecified atom stereocenters. The first-order valence-electron chi connectivity index (χ1n) is 10.5. The van der Waals surface area contributed by atoms with Crippen LogP contribution >= 0.6 is 0 Å². The Morgan fingerprint density at radius 1 is 0.667 bits per heavy atom. The normalized spacial score (nSPS) is 20.4. The molecule has 150 valence electrons. The average Bonchev–Trinajstić information content (AvgIpc) is 3.57. The summed E-state index contributed by atoms with van der Waals surface area (Å²) in [5.74, 6) is 14.7. The maximum Gasteiger partial charge on any atom is 0.124 e. The molecular weight excluding hydrogens is 372 g/mol. The summed E-state index contributed by atoms with van der Waals surface area (Å²) in [6, 6.07) is 8.64. The van der Waals surface area contributed by atoms with Gasteiger partial charge in [-0.15, -0.1) is 0 Å². The molecule has 6 heteroatoms. The predicted octanol–water partition coefficient (Wildman–Crippen LogP) is 2.78. The van der Waals surface area contributed by atoms with Gasteiger partial charge in [-0.1, -0.05) is 11.8 Å². The van der Waals surface area contributed by atoms with E-state index < -0.39 is 0 Å². The molecule has 2 fully saturated rings. The molecule has 2 aromatic heterocycles. The molecule has 0 radical (unpaired) electrons. The van der Waals surface area contributed by atoms with Gasteiger partial charge in [0.15, 0.2) is 0 Å². The Labute approximate surface area is 176 Å². The molecule has 1 aromatic carbocycles. The van der Waals surface area contributed by atoms with Crippen molar-refractivity contribution in [3.63, 3.8) is 0 Å². The van der Waals surface area contributed by atoms with E-state index in [0.717, 1.165) is 60.1 Å². The van der Waals surface area contributed by atoms with Crippen molar-refractivity contribution in [1.82, 2.24) is 30.6 Å². The van der Waals surface area contributed by atoms with Crippen LogP contribution in [0.2, 0.25) is 0 Å². The first-order valence-corrected chi connectivity index (χ1v) is 10.5. The molecule has 2 aliphatic heterocycles. The molecule has 2 saturated heterocycles. The summed E-state index contributed by atoms with van der Waals surface area (Å²) in [6.45, 7) is 2.11. The number of aromatic nitrogens is 4. The molecule has 2 aliphatic rings. The van der Waals surface area contributed by atoms with Crippen LogP contribution in [0, 0.1) is 23.7 Å². The van der Waals surface area contributed by atoms with E-state index in [1.165, 1.54) is 12.8 Å². The molecule has 4 heterocycles. The topological polar surface area (TPSA) is 81.4 Å². The third-order valence-corrected chi connectivity index (χ3v) is 5.54. The quantitative estimate of drug-likeness (QED) is 0.502. The molecular formula is C24H24N6. The smallest absolute Gasteiger partial charge is 0.124 e. The summed E-state index contributed by atoms with van der Waals surface area (Å²) in [6.07, 6.45) is 8.26. The molecule has 6 nitrogen and oxygen atoms in total. The number of rotatable bonds is 2. The maximum atomic E-state index is 4.45. The number of nitrogens with one attached hydrogen (secondary N) is 4. The zero-order chi connectivity index (χ0) is 20.2. The first-order chi connectivity index (χ1) is 14.8. The van der Waals surface area contributed by atoms with Crippen LogP contribution in [0.4, 0.5) is 0 Å². The van der Waals surface area contributed by atoms with Gasteiger partial charge >= 0.3 is 0 Å². The molecule has 30 heavy (non-hydrogen) atoms. The van der Waals surface area contributed by atoms with Crippen molar-refractivity contribution in [3.8, 4) is 23.7 Å². The minimum atomic E-state index is 0.332. The highest BCUT2D eigenvalue weighted by atomic mass is 15.0. The van der Waals surface area contributed by atoms with Crippen molar-refractivity contribution >= 4 is 0 Å². The lowest BCUT2D eigenvalue weighted by molar-refractivity contribution is 0.612. The van der Waals surface area contributed by atoms with Crippen molar-refractivity contribution in [2.45, 2.75) is 37.8 Å². The highest BCUT2D eigenvalue weighted by molar-refractivity contribution is 5.45. The largest absolute Gasteiger partial charge is 0.334 e. The van der Waals surface area contributed by atoms with Crippen LogP contribution < -0.4 is 10.6 Å². The zero-order valence-electron chi connectivity index (χ0n) is 16.8. The van der Waals surface area contributed by atoms with E-state index in [-0.39, 0.29) is 0 Å². The number of hydrogen-bond donors (Lipinski definition) is 4. The predicted molar refractivity (Wildman–Crippen MR) is 116 cm³/mol. The first kappa shape index (κ1) is 18.7. The fraction of sp³-hybridized carbons (Fsp3) is 0.333. The number of benzene rings is 1. The Kier molecular flexibility index (Phi) is 5.35. The number of aromatic amines is 2.